The molecule has 2 heterocycles. The number of morpholine rings is 1. The van der Waals surface area contributed by atoms with E-state index in [9.17, 15) is 9.59 Å². The zero-order chi connectivity index (χ0) is 21.2. The summed E-state index contributed by atoms with van der Waals surface area (Å²) in [5, 5.41) is 0. The predicted octanol–water partition coefficient (Wildman–Crippen LogP) is 3.84. The van der Waals surface area contributed by atoms with Gasteiger partial charge in [0.05, 0.1) is 12.1 Å². The summed E-state index contributed by atoms with van der Waals surface area (Å²) in [5.74, 6) is 0.158. The van der Waals surface area contributed by atoms with E-state index in [2.05, 4.69) is 0 Å². The lowest BCUT2D eigenvalue weighted by molar-refractivity contribution is -0.200. The van der Waals surface area contributed by atoms with Gasteiger partial charge < -0.3 is 19.3 Å². The van der Waals surface area contributed by atoms with E-state index in [-0.39, 0.29) is 17.9 Å². The maximum absolute atomic E-state index is 13.0. The van der Waals surface area contributed by atoms with Crippen LogP contribution in [0.5, 0.6) is 0 Å². The molecule has 6 heteroatoms. The van der Waals surface area contributed by atoms with E-state index in [0.29, 0.717) is 39.0 Å². The molecule has 1 aromatic rings. The third-order valence-electron chi connectivity index (χ3n) is 5.56. The summed E-state index contributed by atoms with van der Waals surface area (Å²) in [5.41, 5.74) is 0.206. The standard InChI is InChI=1S/C23H34N2O4/c1-17(2)19-20(26)25(15-18-9-7-6-8-10-18)16-23(28-19)11-13-24(14-12-23)21(27)29-22(3,4)5/h6-10,17,19H,11-16H2,1-5H3. The average molecular weight is 403 g/mol. The third-order valence-corrected chi connectivity index (χ3v) is 5.56. The maximum atomic E-state index is 13.0. The van der Waals surface area contributed by atoms with Crippen LogP contribution in [0.3, 0.4) is 0 Å². The molecule has 2 aliphatic rings. The number of hydrogen-bond acceptors (Lipinski definition) is 4. The topological polar surface area (TPSA) is 59.1 Å². The van der Waals surface area contributed by atoms with E-state index >= 15 is 0 Å². The van der Waals surface area contributed by atoms with E-state index in [4.69, 9.17) is 9.47 Å². The molecule has 0 N–H and O–H groups in total. The first-order valence-electron chi connectivity index (χ1n) is 10.6. The second-order valence-corrected chi connectivity index (χ2v) is 9.61. The fourth-order valence-corrected chi connectivity index (χ4v) is 4.02. The van der Waals surface area contributed by atoms with Gasteiger partial charge in [-0.25, -0.2) is 4.79 Å². The summed E-state index contributed by atoms with van der Waals surface area (Å²) in [6.07, 6.45) is 0.684. The zero-order valence-corrected chi connectivity index (χ0v) is 18.3. The molecule has 0 aromatic heterocycles. The number of ether oxygens (including phenoxy) is 2. The monoisotopic (exact) mass is 402 g/mol. The van der Waals surface area contributed by atoms with Crippen molar-refractivity contribution in [2.45, 2.75) is 71.3 Å². The smallest absolute Gasteiger partial charge is 0.410 e. The van der Waals surface area contributed by atoms with Crippen molar-refractivity contribution >= 4 is 12.0 Å². The molecule has 2 saturated heterocycles. The van der Waals surface area contributed by atoms with Crippen LogP contribution in [0.15, 0.2) is 30.3 Å². The molecule has 1 spiro atoms. The fraction of sp³-hybridized carbons (Fsp3) is 0.652. The van der Waals surface area contributed by atoms with Crippen LogP contribution in [0.25, 0.3) is 0 Å². The minimum Gasteiger partial charge on any atom is -0.444 e. The van der Waals surface area contributed by atoms with Crippen LogP contribution in [0.4, 0.5) is 4.79 Å². The lowest BCUT2D eigenvalue weighted by Crippen LogP contribution is -2.63. The van der Waals surface area contributed by atoms with E-state index in [1.807, 2.05) is 69.9 Å². The molecule has 2 fully saturated rings. The Balaban J connectivity index is 1.71. The van der Waals surface area contributed by atoms with Gasteiger partial charge in [0.25, 0.3) is 5.91 Å². The van der Waals surface area contributed by atoms with Gasteiger partial charge in [0.1, 0.15) is 11.7 Å². The highest BCUT2D eigenvalue weighted by Crippen LogP contribution is 2.35. The number of amides is 2. The van der Waals surface area contributed by atoms with Gasteiger partial charge in [0, 0.05) is 19.6 Å². The molecular weight excluding hydrogens is 368 g/mol. The second-order valence-electron chi connectivity index (χ2n) is 9.61. The van der Waals surface area contributed by atoms with Gasteiger partial charge in [-0.05, 0) is 45.1 Å². The van der Waals surface area contributed by atoms with Crippen LogP contribution in [-0.4, -0.2) is 58.7 Å². The summed E-state index contributed by atoms with van der Waals surface area (Å²) in [6.45, 7) is 12.0. The quantitative estimate of drug-likeness (QED) is 0.771. The van der Waals surface area contributed by atoms with Gasteiger partial charge in [-0.1, -0.05) is 44.2 Å². The van der Waals surface area contributed by atoms with Gasteiger partial charge >= 0.3 is 6.09 Å². The molecule has 1 unspecified atom stereocenters. The van der Waals surface area contributed by atoms with Crippen LogP contribution >= 0.6 is 0 Å². The van der Waals surface area contributed by atoms with Crippen LogP contribution in [0.2, 0.25) is 0 Å². The van der Waals surface area contributed by atoms with Crippen molar-refractivity contribution in [1.82, 2.24) is 9.80 Å². The highest BCUT2D eigenvalue weighted by atomic mass is 16.6. The summed E-state index contributed by atoms with van der Waals surface area (Å²) in [7, 11) is 0. The maximum Gasteiger partial charge on any atom is 0.410 e. The summed E-state index contributed by atoms with van der Waals surface area (Å²) in [4.78, 5) is 29.1. The van der Waals surface area contributed by atoms with E-state index in [1.54, 1.807) is 4.90 Å². The average Bonchev–Trinajstić information content (AvgIpc) is 2.64. The Morgan fingerprint density at radius 2 is 1.83 bits per heavy atom. The summed E-state index contributed by atoms with van der Waals surface area (Å²) >= 11 is 0. The van der Waals surface area contributed by atoms with Gasteiger partial charge in [0.2, 0.25) is 0 Å². The Bertz CT molecular complexity index is 718. The molecular formula is C23H34N2O4. The van der Waals surface area contributed by atoms with Crippen molar-refractivity contribution in [3.63, 3.8) is 0 Å². The SMILES string of the molecule is CC(C)C1OC2(CCN(C(=O)OC(C)(C)C)CC2)CN(Cc2ccccc2)C1=O. The number of nitrogens with zero attached hydrogens (tertiary/aromatic N) is 2. The zero-order valence-electron chi connectivity index (χ0n) is 18.3. The molecule has 1 aromatic carbocycles. The van der Waals surface area contributed by atoms with Crippen molar-refractivity contribution in [3.8, 4) is 0 Å². The second kappa shape index (κ2) is 8.34. The third kappa shape index (κ3) is 5.30. The Morgan fingerprint density at radius 3 is 2.38 bits per heavy atom. The van der Waals surface area contributed by atoms with Crippen molar-refractivity contribution < 1.29 is 19.1 Å². The number of benzene rings is 1. The van der Waals surface area contributed by atoms with E-state index in [1.165, 1.54) is 0 Å². The Labute approximate surface area is 174 Å². The lowest BCUT2D eigenvalue weighted by Gasteiger charge is -2.50. The molecule has 6 nitrogen and oxygen atoms in total. The number of carbonyl (C=O) groups is 2. The molecule has 0 saturated carbocycles. The number of carbonyl (C=O) groups excluding carboxylic acids is 2. The van der Waals surface area contributed by atoms with Gasteiger partial charge in [-0.3, -0.25) is 4.79 Å². The molecule has 29 heavy (non-hydrogen) atoms. The van der Waals surface area contributed by atoms with Crippen LogP contribution in [0, 0.1) is 5.92 Å². The minimum absolute atomic E-state index is 0.0593. The highest BCUT2D eigenvalue weighted by Gasteiger charge is 2.48. The number of piperidine rings is 1. The first-order valence-corrected chi connectivity index (χ1v) is 10.6. The van der Waals surface area contributed by atoms with Crippen molar-refractivity contribution in [3.05, 3.63) is 35.9 Å². The van der Waals surface area contributed by atoms with E-state index < -0.39 is 17.3 Å². The van der Waals surface area contributed by atoms with Gasteiger partial charge in [-0.15, -0.1) is 0 Å². The Kier molecular flexibility index (Phi) is 6.22. The Morgan fingerprint density at radius 1 is 1.21 bits per heavy atom. The largest absolute Gasteiger partial charge is 0.444 e. The first kappa shape index (κ1) is 21.6. The van der Waals surface area contributed by atoms with E-state index in [0.717, 1.165) is 5.56 Å². The molecule has 2 aliphatic heterocycles. The number of rotatable bonds is 3. The fourth-order valence-electron chi connectivity index (χ4n) is 4.02. The van der Waals surface area contributed by atoms with Crippen LogP contribution in [-0.2, 0) is 20.8 Å². The number of hydrogen-bond donors (Lipinski definition) is 0. The molecule has 2 amide bonds. The minimum atomic E-state index is -0.505. The molecule has 1 atom stereocenters. The molecule has 0 radical (unpaired) electrons. The number of likely N-dealkylation sites (tertiary alicyclic amines) is 1. The molecule has 160 valence electrons. The van der Waals surface area contributed by atoms with Crippen molar-refractivity contribution in [2.75, 3.05) is 19.6 Å². The lowest BCUT2D eigenvalue weighted by atomic mass is 9.87. The van der Waals surface area contributed by atoms with Crippen LogP contribution < -0.4 is 0 Å². The Hall–Kier alpha value is -2.08. The van der Waals surface area contributed by atoms with Crippen LogP contribution in [0.1, 0.15) is 53.0 Å². The molecule has 0 bridgehead atoms. The molecule has 3 rings (SSSR count). The van der Waals surface area contributed by atoms with Gasteiger partial charge in [0.15, 0.2) is 0 Å². The predicted molar refractivity (Wildman–Crippen MR) is 111 cm³/mol. The van der Waals surface area contributed by atoms with Crippen molar-refractivity contribution in [2.24, 2.45) is 5.92 Å². The van der Waals surface area contributed by atoms with Crippen molar-refractivity contribution in [1.29, 1.82) is 0 Å². The highest BCUT2D eigenvalue weighted by molar-refractivity contribution is 5.82. The summed E-state index contributed by atoms with van der Waals surface area (Å²) in [6, 6.07) is 10.1. The normalized spacial score (nSPS) is 22.3. The first-order chi connectivity index (χ1) is 13.6. The summed E-state index contributed by atoms with van der Waals surface area (Å²) < 4.78 is 11.9. The van der Waals surface area contributed by atoms with Gasteiger partial charge in [-0.2, -0.15) is 0 Å². The molecule has 0 aliphatic carbocycles.